The predicted octanol–water partition coefficient (Wildman–Crippen LogP) is 2.39. The summed E-state index contributed by atoms with van der Waals surface area (Å²) in [7, 11) is 3.64. The van der Waals surface area contributed by atoms with Crippen molar-refractivity contribution in [2.75, 3.05) is 7.05 Å². The van der Waals surface area contributed by atoms with Crippen LogP contribution in [0.5, 0.6) is 0 Å². The van der Waals surface area contributed by atoms with E-state index in [1.807, 2.05) is 39.4 Å². The van der Waals surface area contributed by atoms with Crippen molar-refractivity contribution in [3.8, 4) is 0 Å². The number of carbonyl (C=O) groups is 1. The summed E-state index contributed by atoms with van der Waals surface area (Å²) in [6.45, 7) is 10.1. The van der Waals surface area contributed by atoms with Gasteiger partial charge in [0.15, 0.2) is 0 Å². The normalized spacial score (nSPS) is 11.4. The number of nitrogens with zero attached hydrogens (tertiary/aromatic N) is 5. The summed E-state index contributed by atoms with van der Waals surface area (Å²) in [4.78, 5) is 33.8. The summed E-state index contributed by atoms with van der Waals surface area (Å²) in [6, 6.07) is 0. The molecule has 0 aromatic carbocycles. The van der Waals surface area contributed by atoms with Crippen LogP contribution < -0.4 is 5.56 Å². The van der Waals surface area contributed by atoms with Crippen molar-refractivity contribution in [2.45, 2.75) is 47.7 Å². The molecular formula is C19H25N5O2S. The van der Waals surface area contributed by atoms with Gasteiger partial charge in [0, 0.05) is 36.8 Å². The largest absolute Gasteiger partial charge is 0.340 e. The van der Waals surface area contributed by atoms with Crippen LogP contribution in [0, 0.1) is 34.6 Å². The molecule has 8 heteroatoms. The Balaban J connectivity index is 1.89. The minimum atomic E-state index is -0.144. The smallest absolute Gasteiger partial charge is 0.263 e. The van der Waals surface area contributed by atoms with Crippen LogP contribution in [0.4, 0.5) is 0 Å². The average Bonchev–Trinajstić information content (AvgIpc) is 3.01. The van der Waals surface area contributed by atoms with Crippen LogP contribution in [-0.2, 0) is 24.9 Å². The third kappa shape index (κ3) is 3.29. The number of amides is 1. The van der Waals surface area contributed by atoms with E-state index in [1.165, 1.54) is 15.9 Å². The molecule has 0 aliphatic rings. The van der Waals surface area contributed by atoms with Gasteiger partial charge >= 0.3 is 0 Å². The van der Waals surface area contributed by atoms with Crippen molar-refractivity contribution in [3.63, 3.8) is 0 Å². The second-order valence-electron chi connectivity index (χ2n) is 7.04. The lowest BCUT2D eigenvalue weighted by atomic mass is 10.2. The standard InChI is InChI=1S/C19H25N5O2S/c1-10-13(4)27-18-17(10)19(26)24(14(5)20-18)9-16(25)22(6)8-15-11(2)21-23(7)12(15)3/h8-9H2,1-7H3. The number of fused-ring (bicyclic) bond motifs is 1. The molecule has 0 saturated carbocycles. The van der Waals surface area contributed by atoms with Gasteiger partial charge in [-0.15, -0.1) is 11.3 Å². The Morgan fingerprint density at radius 3 is 2.44 bits per heavy atom. The van der Waals surface area contributed by atoms with Crippen LogP contribution in [0.1, 0.15) is 33.2 Å². The minimum Gasteiger partial charge on any atom is -0.340 e. The molecule has 3 aromatic heterocycles. The molecule has 1 amide bonds. The van der Waals surface area contributed by atoms with Crippen molar-refractivity contribution in [2.24, 2.45) is 7.05 Å². The number of hydrogen-bond acceptors (Lipinski definition) is 5. The minimum absolute atomic E-state index is 0.0171. The highest BCUT2D eigenvalue weighted by Gasteiger charge is 2.19. The highest BCUT2D eigenvalue weighted by molar-refractivity contribution is 7.18. The van der Waals surface area contributed by atoms with Gasteiger partial charge in [-0.1, -0.05) is 0 Å². The molecule has 0 bridgehead atoms. The van der Waals surface area contributed by atoms with Crippen molar-refractivity contribution in [1.29, 1.82) is 0 Å². The molecule has 0 fully saturated rings. The Morgan fingerprint density at radius 2 is 1.85 bits per heavy atom. The van der Waals surface area contributed by atoms with E-state index in [0.29, 0.717) is 17.8 Å². The fourth-order valence-electron chi connectivity index (χ4n) is 3.24. The molecule has 27 heavy (non-hydrogen) atoms. The maximum Gasteiger partial charge on any atom is 0.263 e. The van der Waals surface area contributed by atoms with Crippen molar-refractivity contribution in [3.05, 3.63) is 43.6 Å². The van der Waals surface area contributed by atoms with E-state index >= 15 is 0 Å². The average molecular weight is 388 g/mol. The summed E-state index contributed by atoms with van der Waals surface area (Å²) in [6.07, 6.45) is 0. The topological polar surface area (TPSA) is 73.0 Å². The first-order valence-electron chi connectivity index (χ1n) is 8.82. The van der Waals surface area contributed by atoms with E-state index in [2.05, 4.69) is 10.1 Å². The molecule has 0 aliphatic carbocycles. The summed E-state index contributed by atoms with van der Waals surface area (Å²) in [5.41, 5.74) is 3.79. The van der Waals surface area contributed by atoms with Gasteiger partial charge in [0.1, 0.15) is 17.2 Å². The summed E-state index contributed by atoms with van der Waals surface area (Å²) >= 11 is 1.52. The second kappa shape index (κ2) is 6.92. The number of rotatable bonds is 4. The highest BCUT2D eigenvalue weighted by atomic mass is 32.1. The first kappa shape index (κ1) is 19.3. The van der Waals surface area contributed by atoms with Crippen LogP contribution in [0.3, 0.4) is 0 Å². The molecular weight excluding hydrogens is 362 g/mol. The Hall–Kier alpha value is -2.48. The first-order chi connectivity index (χ1) is 12.6. The van der Waals surface area contributed by atoms with Crippen LogP contribution in [-0.4, -0.2) is 37.2 Å². The number of aryl methyl sites for hydroxylation is 5. The van der Waals surface area contributed by atoms with E-state index < -0.39 is 0 Å². The molecule has 0 spiro atoms. The lowest BCUT2D eigenvalue weighted by molar-refractivity contribution is -0.131. The van der Waals surface area contributed by atoms with Crippen molar-refractivity contribution < 1.29 is 4.79 Å². The monoisotopic (exact) mass is 387 g/mol. The van der Waals surface area contributed by atoms with Gasteiger partial charge in [-0.3, -0.25) is 18.8 Å². The Labute approximate surface area is 162 Å². The van der Waals surface area contributed by atoms with E-state index in [-0.39, 0.29) is 18.0 Å². The molecule has 0 radical (unpaired) electrons. The molecule has 0 unspecified atom stereocenters. The molecule has 0 N–H and O–H groups in total. The number of hydrogen-bond donors (Lipinski definition) is 0. The SMILES string of the molecule is Cc1nn(C)c(C)c1CN(C)C(=O)Cn1c(C)nc2sc(C)c(C)c2c1=O. The molecule has 144 valence electrons. The summed E-state index contributed by atoms with van der Waals surface area (Å²) in [5, 5.41) is 5.02. The van der Waals surface area contributed by atoms with Gasteiger partial charge in [0.2, 0.25) is 5.91 Å². The molecule has 3 aromatic rings. The lowest BCUT2D eigenvalue weighted by Crippen LogP contribution is -2.35. The Kier molecular flexibility index (Phi) is 4.94. The van der Waals surface area contributed by atoms with Crippen molar-refractivity contribution in [1.82, 2.24) is 24.2 Å². The highest BCUT2D eigenvalue weighted by Crippen LogP contribution is 2.26. The quantitative estimate of drug-likeness (QED) is 0.689. The van der Waals surface area contributed by atoms with Gasteiger partial charge in [0.05, 0.1) is 11.1 Å². The first-order valence-corrected chi connectivity index (χ1v) is 9.63. The fourth-order valence-corrected chi connectivity index (χ4v) is 4.31. The van der Waals surface area contributed by atoms with Gasteiger partial charge in [-0.05, 0) is 40.2 Å². The molecule has 7 nitrogen and oxygen atoms in total. The molecule has 0 aliphatic heterocycles. The lowest BCUT2D eigenvalue weighted by Gasteiger charge is -2.19. The molecule has 0 saturated heterocycles. The third-order valence-electron chi connectivity index (χ3n) is 5.25. The predicted molar refractivity (Wildman–Crippen MR) is 107 cm³/mol. The number of thiophene rings is 1. The van der Waals surface area contributed by atoms with Gasteiger partial charge in [0.25, 0.3) is 5.56 Å². The maximum atomic E-state index is 13.0. The molecule has 3 rings (SSSR count). The molecule has 0 atom stereocenters. The van der Waals surface area contributed by atoms with E-state index in [1.54, 1.807) is 18.9 Å². The zero-order valence-electron chi connectivity index (χ0n) is 16.9. The zero-order chi connectivity index (χ0) is 20.0. The Morgan fingerprint density at radius 1 is 1.19 bits per heavy atom. The van der Waals surface area contributed by atoms with Gasteiger partial charge in [-0.2, -0.15) is 5.10 Å². The zero-order valence-corrected chi connectivity index (χ0v) is 17.7. The van der Waals surface area contributed by atoms with Crippen molar-refractivity contribution >= 4 is 27.5 Å². The van der Waals surface area contributed by atoms with Crippen LogP contribution in [0.25, 0.3) is 10.2 Å². The summed E-state index contributed by atoms with van der Waals surface area (Å²) < 4.78 is 3.29. The fraction of sp³-hybridized carbons (Fsp3) is 0.474. The summed E-state index contributed by atoms with van der Waals surface area (Å²) in [5.74, 6) is 0.429. The number of aromatic nitrogens is 4. The van der Waals surface area contributed by atoms with Crippen LogP contribution in [0.2, 0.25) is 0 Å². The van der Waals surface area contributed by atoms with Crippen LogP contribution in [0.15, 0.2) is 4.79 Å². The second-order valence-corrected chi connectivity index (χ2v) is 8.24. The van der Waals surface area contributed by atoms with E-state index in [0.717, 1.165) is 32.2 Å². The number of likely N-dealkylation sites (N-methyl/N-ethyl adjacent to an activating group) is 1. The van der Waals surface area contributed by atoms with E-state index in [4.69, 9.17) is 0 Å². The Bertz CT molecular complexity index is 1110. The van der Waals surface area contributed by atoms with Crippen LogP contribution >= 0.6 is 11.3 Å². The maximum absolute atomic E-state index is 13.0. The third-order valence-corrected chi connectivity index (χ3v) is 6.35. The van der Waals surface area contributed by atoms with Gasteiger partial charge < -0.3 is 4.90 Å². The van der Waals surface area contributed by atoms with E-state index in [9.17, 15) is 9.59 Å². The number of carbonyl (C=O) groups excluding carboxylic acids is 1. The molecule has 3 heterocycles. The van der Waals surface area contributed by atoms with Gasteiger partial charge in [-0.25, -0.2) is 4.98 Å².